The Morgan fingerprint density at radius 3 is 2.85 bits per heavy atom. The molecule has 1 N–H and O–H groups in total. The maximum Gasteiger partial charge on any atom is 0.268 e. The lowest BCUT2D eigenvalue weighted by Gasteiger charge is -2.25. The van der Waals surface area contributed by atoms with Crippen molar-refractivity contribution in [3.63, 3.8) is 0 Å². The van der Waals surface area contributed by atoms with Crippen LogP contribution in [0.15, 0.2) is 60.0 Å². The Bertz CT molecular complexity index is 1540. The topological polar surface area (TPSA) is 106 Å². The standard InChI is InChI=1S/C30H34N6O4S/c1-3-28(37)35-13-5-6-21(35)17-36-24-9-8-20(16-34-12-4-7-22(34)18-39-2)14-23(24)32-30(36)33-29(38)27-11-10-26(41-27)25-15-31-19-40-25/h3,8-11,14-15,19,21-22H,1,4-7,12-13,16-18H2,2H3,(H,32,33,38)/t21-,22-/m1/s1. The number of fused-ring (bicyclic) bond motifs is 1. The summed E-state index contributed by atoms with van der Waals surface area (Å²) in [6, 6.07) is 10.4. The minimum atomic E-state index is -0.248. The van der Waals surface area contributed by atoms with Crippen LogP contribution in [0.5, 0.6) is 0 Å². The summed E-state index contributed by atoms with van der Waals surface area (Å²) >= 11 is 1.33. The van der Waals surface area contributed by atoms with E-state index in [0.29, 0.717) is 35.7 Å². The van der Waals surface area contributed by atoms with E-state index in [1.807, 2.05) is 15.5 Å². The van der Waals surface area contributed by atoms with Crippen LogP contribution < -0.4 is 5.32 Å². The molecule has 2 atom stereocenters. The lowest BCUT2D eigenvalue weighted by Crippen LogP contribution is -2.37. The highest BCUT2D eigenvalue weighted by molar-refractivity contribution is 7.17. The van der Waals surface area contributed by atoms with Crippen molar-refractivity contribution in [1.82, 2.24) is 24.3 Å². The molecule has 0 bridgehead atoms. The van der Waals surface area contributed by atoms with Crippen LogP contribution in [0.3, 0.4) is 0 Å². The molecule has 2 saturated heterocycles. The van der Waals surface area contributed by atoms with E-state index >= 15 is 0 Å². The van der Waals surface area contributed by atoms with Gasteiger partial charge < -0.3 is 18.6 Å². The van der Waals surface area contributed by atoms with Gasteiger partial charge in [0.1, 0.15) is 0 Å². The van der Waals surface area contributed by atoms with Crippen LogP contribution in [0.1, 0.15) is 40.9 Å². The van der Waals surface area contributed by atoms with E-state index in [1.165, 1.54) is 35.8 Å². The highest BCUT2D eigenvalue weighted by Gasteiger charge is 2.30. The third kappa shape index (κ3) is 5.70. The number of ether oxygens (including phenoxy) is 1. The number of rotatable bonds is 10. The molecule has 11 heteroatoms. The summed E-state index contributed by atoms with van der Waals surface area (Å²) in [6.45, 7) is 7.51. The molecule has 2 aliphatic heterocycles. The molecule has 2 fully saturated rings. The Morgan fingerprint density at radius 2 is 2.05 bits per heavy atom. The van der Waals surface area contributed by atoms with Crippen LogP contribution in [0.25, 0.3) is 21.7 Å². The molecule has 214 valence electrons. The SMILES string of the molecule is C=CC(=O)N1CCC[C@@H]1Cn1c(NC(=O)c2ccc(-c3cnco3)s2)nc2cc(CN3CCC[C@@H]3COC)ccc21. The zero-order valence-corrected chi connectivity index (χ0v) is 23.9. The third-order valence-corrected chi connectivity index (χ3v) is 9.11. The van der Waals surface area contributed by atoms with E-state index in [4.69, 9.17) is 14.1 Å². The van der Waals surface area contributed by atoms with Gasteiger partial charge in [-0.2, -0.15) is 0 Å². The number of nitrogens with zero attached hydrogens (tertiary/aromatic N) is 5. The molecule has 4 aromatic rings. The normalized spacial score (nSPS) is 19.3. The van der Waals surface area contributed by atoms with Gasteiger partial charge in [0.05, 0.1) is 39.6 Å². The highest BCUT2D eigenvalue weighted by Crippen LogP contribution is 2.30. The van der Waals surface area contributed by atoms with Gasteiger partial charge in [-0.15, -0.1) is 11.3 Å². The van der Waals surface area contributed by atoms with Crippen LogP contribution in [0.4, 0.5) is 5.95 Å². The van der Waals surface area contributed by atoms with Crippen molar-refractivity contribution in [3.05, 3.63) is 66.0 Å². The Kier molecular flexibility index (Phi) is 8.00. The monoisotopic (exact) mass is 574 g/mol. The molecule has 1 aromatic carbocycles. The minimum absolute atomic E-state index is 0.00702. The number of methoxy groups -OCH3 is 1. The first-order valence-corrected chi connectivity index (χ1v) is 14.8. The van der Waals surface area contributed by atoms with Crippen molar-refractivity contribution in [3.8, 4) is 10.6 Å². The number of imidazole rings is 1. The van der Waals surface area contributed by atoms with E-state index < -0.39 is 0 Å². The van der Waals surface area contributed by atoms with Crippen LogP contribution in [-0.2, 0) is 22.6 Å². The van der Waals surface area contributed by atoms with Gasteiger partial charge >= 0.3 is 0 Å². The average Bonchev–Trinajstić information content (AvgIpc) is 3.81. The second kappa shape index (κ2) is 12.0. The number of carbonyl (C=O) groups is 2. The number of hydrogen-bond acceptors (Lipinski definition) is 8. The summed E-state index contributed by atoms with van der Waals surface area (Å²) in [5.74, 6) is 0.767. The predicted octanol–water partition coefficient (Wildman–Crippen LogP) is 4.79. The number of oxazole rings is 1. The number of benzene rings is 1. The fourth-order valence-electron chi connectivity index (χ4n) is 6.01. The molecule has 0 spiro atoms. The molecular formula is C30H34N6O4S. The van der Waals surface area contributed by atoms with Gasteiger partial charge in [-0.05, 0) is 68.1 Å². The molecule has 10 nitrogen and oxygen atoms in total. The van der Waals surface area contributed by atoms with Gasteiger partial charge in [0.25, 0.3) is 5.91 Å². The molecule has 0 unspecified atom stereocenters. The Balaban J connectivity index is 1.30. The summed E-state index contributed by atoms with van der Waals surface area (Å²) < 4.78 is 12.9. The van der Waals surface area contributed by atoms with Crippen molar-refractivity contribution in [2.24, 2.45) is 0 Å². The molecule has 2 amide bonds. The number of amides is 2. The lowest BCUT2D eigenvalue weighted by molar-refractivity contribution is -0.126. The van der Waals surface area contributed by atoms with Crippen molar-refractivity contribution in [1.29, 1.82) is 0 Å². The summed E-state index contributed by atoms with van der Waals surface area (Å²) in [5.41, 5.74) is 2.90. The average molecular weight is 575 g/mol. The molecular weight excluding hydrogens is 540 g/mol. The van der Waals surface area contributed by atoms with Crippen molar-refractivity contribution < 1.29 is 18.7 Å². The second-order valence-electron chi connectivity index (χ2n) is 10.6. The first-order valence-electron chi connectivity index (χ1n) is 14.0. The Labute approximate surface area is 242 Å². The number of likely N-dealkylation sites (tertiary alicyclic amines) is 2. The van der Waals surface area contributed by atoms with E-state index in [-0.39, 0.29) is 17.9 Å². The molecule has 0 saturated carbocycles. The molecule has 5 heterocycles. The van der Waals surface area contributed by atoms with Crippen LogP contribution in [0.2, 0.25) is 0 Å². The maximum atomic E-state index is 13.4. The van der Waals surface area contributed by atoms with E-state index in [0.717, 1.165) is 54.9 Å². The molecule has 0 radical (unpaired) electrons. The Hall–Kier alpha value is -3.80. The van der Waals surface area contributed by atoms with Crippen molar-refractivity contribution >= 4 is 40.1 Å². The fraction of sp³-hybridized carbons (Fsp3) is 0.400. The molecule has 2 aliphatic rings. The number of carbonyl (C=O) groups excluding carboxylic acids is 2. The first kappa shape index (κ1) is 27.4. The molecule has 41 heavy (non-hydrogen) atoms. The summed E-state index contributed by atoms with van der Waals surface area (Å²) in [6.07, 6.45) is 8.49. The van der Waals surface area contributed by atoms with E-state index in [9.17, 15) is 9.59 Å². The number of thiophene rings is 1. The number of nitrogens with one attached hydrogen (secondary N) is 1. The van der Waals surface area contributed by atoms with Crippen molar-refractivity contribution in [2.45, 2.75) is 50.9 Å². The second-order valence-corrected chi connectivity index (χ2v) is 11.7. The van der Waals surface area contributed by atoms with Crippen LogP contribution in [-0.4, -0.2) is 75.0 Å². The number of aromatic nitrogens is 3. The quantitative estimate of drug-likeness (QED) is 0.272. The molecule has 6 rings (SSSR count). The van der Waals surface area contributed by atoms with Gasteiger partial charge in [0.15, 0.2) is 12.2 Å². The van der Waals surface area contributed by atoms with Gasteiger partial charge in [-0.1, -0.05) is 12.6 Å². The van der Waals surface area contributed by atoms with E-state index in [2.05, 4.69) is 40.0 Å². The van der Waals surface area contributed by atoms with E-state index in [1.54, 1.807) is 19.4 Å². The fourth-order valence-corrected chi connectivity index (χ4v) is 6.86. The van der Waals surface area contributed by atoms with Crippen LogP contribution >= 0.6 is 11.3 Å². The van der Waals surface area contributed by atoms with Crippen molar-refractivity contribution in [2.75, 3.05) is 32.1 Å². The van der Waals surface area contributed by atoms with Gasteiger partial charge in [-0.3, -0.25) is 19.8 Å². The summed E-state index contributed by atoms with van der Waals surface area (Å²) in [7, 11) is 1.75. The van der Waals surface area contributed by atoms with Gasteiger partial charge in [0, 0.05) is 32.8 Å². The van der Waals surface area contributed by atoms with Gasteiger partial charge in [0.2, 0.25) is 11.9 Å². The zero-order chi connectivity index (χ0) is 28.3. The third-order valence-electron chi connectivity index (χ3n) is 8.01. The largest absolute Gasteiger partial charge is 0.443 e. The first-order chi connectivity index (χ1) is 20.0. The number of hydrogen-bond donors (Lipinski definition) is 1. The lowest BCUT2D eigenvalue weighted by atomic mass is 10.1. The highest BCUT2D eigenvalue weighted by atomic mass is 32.1. The Morgan fingerprint density at radius 1 is 1.20 bits per heavy atom. The summed E-state index contributed by atoms with van der Waals surface area (Å²) in [4.78, 5) is 40.5. The minimum Gasteiger partial charge on any atom is -0.443 e. The summed E-state index contributed by atoms with van der Waals surface area (Å²) in [5, 5.41) is 3.05. The zero-order valence-electron chi connectivity index (χ0n) is 23.1. The van der Waals surface area contributed by atoms with Gasteiger partial charge in [-0.25, -0.2) is 9.97 Å². The van der Waals surface area contributed by atoms with Crippen LogP contribution in [0, 0.1) is 0 Å². The molecule has 3 aromatic heterocycles. The predicted molar refractivity (Wildman–Crippen MR) is 158 cm³/mol. The smallest absolute Gasteiger partial charge is 0.268 e. The number of anilines is 1. The molecule has 0 aliphatic carbocycles. The maximum absolute atomic E-state index is 13.4.